The molecule has 0 bridgehead atoms. The Morgan fingerprint density at radius 2 is 1.93 bits per heavy atom. The maximum absolute atomic E-state index is 12.8. The molecule has 28 heavy (non-hydrogen) atoms. The Hall–Kier alpha value is -2.89. The van der Waals surface area contributed by atoms with Crippen LogP contribution in [0.5, 0.6) is 0 Å². The van der Waals surface area contributed by atoms with E-state index >= 15 is 0 Å². The summed E-state index contributed by atoms with van der Waals surface area (Å²) in [6.07, 6.45) is 4.33. The van der Waals surface area contributed by atoms with Gasteiger partial charge in [0.15, 0.2) is 5.43 Å². The summed E-state index contributed by atoms with van der Waals surface area (Å²) in [7, 11) is 0. The molecular formula is C22H28N4O2. The molecule has 0 radical (unpaired) electrons. The molecule has 3 aromatic rings. The van der Waals surface area contributed by atoms with Gasteiger partial charge in [-0.15, -0.1) is 0 Å². The van der Waals surface area contributed by atoms with Crippen molar-refractivity contribution >= 4 is 22.6 Å². The van der Waals surface area contributed by atoms with Gasteiger partial charge in [0.1, 0.15) is 5.82 Å². The van der Waals surface area contributed by atoms with Crippen LogP contribution >= 0.6 is 0 Å². The zero-order valence-corrected chi connectivity index (χ0v) is 17.0. The summed E-state index contributed by atoms with van der Waals surface area (Å²) in [4.78, 5) is 28.7. The fourth-order valence-electron chi connectivity index (χ4n) is 3.65. The van der Waals surface area contributed by atoms with Crippen LogP contribution in [-0.4, -0.2) is 20.7 Å². The van der Waals surface area contributed by atoms with Crippen LogP contribution in [0.15, 0.2) is 35.3 Å². The molecule has 0 fully saturated rings. The fraction of sp³-hybridized carbons (Fsp3) is 0.409. The van der Waals surface area contributed by atoms with Crippen molar-refractivity contribution in [3.8, 4) is 0 Å². The molecule has 0 atom stereocenters. The van der Waals surface area contributed by atoms with E-state index in [0.29, 0.717) is 17.4 Å². The Morgan fingerprint density at radius 1 is 1.21 bits per heavy atom. The van der Waals surface area contributed by atoms with Gasteiger partial charge in [-0.2, -0.15) is 5.10 Å². The number of carbonyl (C=O) groups excluding carboxylic acids is 1. The Labute approximate surface area is 165 Å². The number of amides is 1. The molecule has 0 aliphatic heterocycles. The smallest absolute Gasteiger partial charge is 0.225 e. The van der Waals surface area contributed by atoms with Crippen LogP contribution in [0.4, 0.5) is 5.82 Å². The lowest BCUT2D eigenvalue weighted by Crippen LogP contribution is -2.21. The minimum Gasteiger partial charge on any atom is -0.358 e. The molecule has 3 rings (SSSR count). The number of hydrogen-bond acceptors (Lipinski definition) is 3. The van der Waals surface area contributed by atoms with Crippen LogP contribution in [0, 0.1) is 13.8 Å². The number of carbonyl (C=O) groups is 1. The van der Waals surface area contributed by atoms with Crippen LogP contribution in [0.2, 0.25) is 0 Å². The van der Waals surface area contributed by atoms with Gasteiger partial charge in [0.25, 0.3) is 0 Å². The van der Waals surface area contributed by atoms with Gasteiger partial charge in [-0.3, -0.25) is 9.59 Å². The Bertz CT molecular complexity index is 1040. The SMILES string of the molecule is CCC(CC)n1ncc(C)c1NC(=O)CCc1c(C)[nH]c2ccccc2c1=O. The van der Waals surface area contributed by atoms with E-state index in [0.717, 1.165) is 35.4 Å². The van der Waals surface area contributed by atoms with Crippen LogP contribution in [0.3, 0.4) is 0 Å². The molecule has 0 saturated carbocycles. The Kier molecular flexibility index (Phi) is 5.97. The summed E-state index contributed by atoms with van der Waals surface area (Å²) in [5, 5.41) is 8.10. The molecule has 2 N–H and O–H groups in total. The van der Waals surface area contributed by atoms with Gasteiger partial charge in [0.2, 0.25) is 5.91 Å². The first-order valence-corrected chi connectivity index (χ1v) is 9.90. The van der Waals surface area contributed by atoms with E-state index in [1.54, 1.807) is 6.20 Å². The largest absolute Gasteiger partial charge is 0.358 e. The minimum absolute atomic E-state index is 0.00194. The van der Waals surface area contributed by atoms with Crippen molar-refractivity contribution < 1.29 is 4.79 Å². The predicted molar refractivity (Wildman–Crippen MR) is 113 cm³/mol. The molecule has 2 heterocycles. The van der Waals surface area contributed by atoms with Gasteiger partial charge >= 0.3 is 0 Å². The van der Waals surface area contributed by atoms with E-state index in [1.165, 1.54) is 0 Å². The molecule has 2 aromatic heterocycles. The van der Waals surface area contributed by atoms with Crippen molar-refractivity contribution in [3.63, 3.8) is 0 Å². The van der Waals surface area contributed by atoms with Gasteiger partial charge in [-0.1, -0.05) is 26.0 Å². The van der Waals surface area contributed by atoms with Gasteiger partial charge in [-0.05, 0) is 45.2 Å². The minimum atomic E-state index is -0.109. The van der Waals surface area contributed by atoms with Crippen LogP contribution in [0.1, 0.15) is 56.0 Å². The number of pyridine rings is 1. The molecule has 1 aromatic carbocycles. The highest BCUT2D eigenvalue weighted by molar-refractivity contribution is 5.90. The van der Waals surface area contributed by atoms with Crippen LogP contribution in [-0.2, 0) is 11.2 Å². The van der Waals surface area contributed by atoms with Crippen LogP contribution < -0.4 is 10.7 Å². The third kappa shape index (κ3) is 3.86. The number of nitrogens with zero attached hydrogens (tertiary/aromatic N) is 2. The normalized spacial score (nSPS) is 11.3. The monoisotopic (exact) mass is 380 g/mol. The second kappa shape index (κ2) is 8.42. The van der Waals surface area contributed by atoms with E-state index in [2.05, 4.69) is 29.2 Å². The van der Waals surface area contributed by atoms with E-state index < -0.39 is 0 Å². The zero-order valence-electron chi connectivity index (χ0n) is 17.0. The highest BCUT2D eigenvalue weighted by atomic mass is 16.1. The van der Waals surface area contributed by atoms with Crippen molar-refractivity contribution in [1.29, 1.82) is 0 Å². The molecule has 1 amide bonds. The molecule has 6 nitrogen and oxygen atoms in total. The number of hydrogen-bond donors (Lipinski definition) is 2. The summed E-state index contributed by atoms with van der Waals surface area (Å²) in [6, 6.07) is 7.72. The first-order chi connectivity index (χ1) is 13.5. The molecule has 0 unspecified atom stereocenters. The van der Waals surface area contributed by atoms with E-state index in [4.69, 9.17) is 0 Å². The lowest BCUT2D eigenvalue weighted by atomic mass is 10.0. The van der Waals surface area contributed by atoms with Crippen molar-refractivity contribution in [3.05, 3.63) is 57.5 Å². The highest BCUT2D eigenvalue weighted by Gasteiger charge is 2.17. The number of aromatic amines is 1. The number of nitrogens with one attached hydrogen (secondary N) is 2. The maximum atomic E-state index is 12.8. The number of aryl methyl sites for hydroxylation is 2. The van der Waals surface area contributed by atoms with Crippen molar-refractivity contribution in [2.45, 2.75) is 59.4 Å². The number of fused-ring (bicyclic) bond motifs is 1. The zero-order chi connectivity index (χ0) is 20.3. The second-order valence-corrected chi connectivity index (χ2v) is 7.24. The third-order valence-electron chi connectivity index (χ3n) is 5.35. The summed E-state index contributed by atoms with van der Waals surface area (Å²) >= 11 is 0. The fourth-order valence-corrected chi connectivity index (χ4v) is 3.65. The van der Waals surface area contributed by atoms with Gasteiger partial charge in [-0.25, -0.2) is 4.68 Å². The molecule has 6 heteroatoms. The molecular weight excluding hydrogens is 352 g/mol. The summed E-state index contributed by atoms with van der Waals surface area (Å²) in [5.74, 6) is 0.644. The number of benzene rings is 1. The molecule has 0 aliphatic carbocycles. The summed E-state index contributed by atoms with van der Waals surface area (Å²) < 4.78 is 1.90. The Morgan fingerprint density at radius 3 is 2.64 bits per heavy atom. The lowest BCUT2D eigenvalue weighted by molar-refractivity contribution is -0.116. The number of anilines is 1. The molecule has 0 spiro atoms. The quantitative estimate of drug-likeness (QED) is 0.642. The number of aromatic nitrogens is 3. The average molecular weight is 380 g/mol. The molecule has 148 valence electrons. The van der Waals surface area contributed by atoms with Crippen LogP contribution in [0.25, 0.3) is 10.9 Å². The summed E-state index contributed by atoms with van der Waals surface area (Å²) in [5.41, 5.74) is 3.25. The van der Waals surface area contributed by atoms with Crippen molar-refractivity contribution in [1.82, 2.24) is 14.8 Å². The molecule has 0 aliphatic rings. The third-order valence-corrected chi connectivity index (χ3v) is 5.35. The van der Waals surface area contributed by atoms with Gasteiger partial charge in [0, 0.05) is 34.1 Å². The second-order valence-electron chi connectivity index (χ2n) is 7.24. The predicted octanol–water partition coefficient (Wildman–Crippen LogP) is 4.27. The average Bonchev–Trinajstić information content (AvgIpc) is 3.03. The van der Waals surface area contributed by atoms with Crippen molar-refractivity contribution in [2.75, 3.05) is 5.32 Å². The van der Waals surface area contributed by atoms with Gasteiger partial charge in [0.05, 0.1) is 12.2 Å². The first-order valence-electron chi connectivity index (χ1n) is 9.90. The lowest BCUT2D eigenvalue weighted by Gasteiger charge is -2.17. The maximum Gasteiger partial charge on any atom is 0.225 e. The Balaban J connectivity index is 1.77. The topological polar surface area (TPSA) is 79.8 Å². The van der Waals surface area contributed by atoms with Crippen molar-refractivity contribution in [2.24, 2.45) is 0 Å². The van der Waals surface area contributed by atoms with E-state index in [1.807, 2.05) is 42.8 Å². The number of para-hydroxylation sites is 1. The van der Waals surface area contributed by atoms with E-state index in [-0.39, 0.29) is 23.8 Å². The number of H-pyrrole nitrogens is 1. The highest BCUT2D eigenvalue weighted by Crippen LogP contribution is 2.24. The standard InChI is InChI=1S/C22H28N4O2/c1-5-16(6-2)26-22(14(3)13-23-26)25-20(27)12-11-17-15(4)24-19-10-8-7-9-18(19)21(17)28/h7-10,13,16H,5-6,11-12H2,1-4H3,(H,24,28)(H,25,27). The van der Waals surface area contributed by atoms with E-state index in [9.17, 15) is 9.59 Å². The molecule has 0 saturated heterocycles. The number of rotatable bonds is 7. The van der Waals surface area contributed by atoms with Gasteiger partial charge < -0.3 is 10.3 Å². The first kappa shape index (κ1) is 19.9. The summed E-state index contributed by atoms with van der Waals surface area (Å²) in [6.45, 7) is 8.06.